The summed E-state index contributed by atoms with van der Waals surface area (Å²) in [7, 11) is 0. The third kappa shape index (κ3) is 22.0. The van der Waals surface area contributed by atoms with Gasteiger partial charge in [0.25, 0.3) is 0 Å². The van der Waals surface area contributed by atoms with Crippen molar-refractivity contribution >= 4 is 0 Å². The quantitative estimate of drug-likeness (QED) is 0.161. The van der Waals surface area contributed by atoms with Crippen molar-refractivity contribution in [1.29, 1.82) is 0 Å². The minimum Gasteiger partial charge on any atom is -0.0885 e. The Morgan fingerprint density at radius 3 is 1.32 bits per heavy atom. The topological polar surface area (TPSA) is 0 Å². The molecule has 0 aliphatic carbocycles. The van der Waals surface area contributed by atoms with Gasteiger partial charge in [-0.1, -0.05) is 148 Å². The lowest BCUT2D eigenvalue weighted by molar-refractivity contribution is 0.408. The second-order valence-corrected chi connectivity index (χ2v) is 9.43. The molecule has 0 heterocycles. The first-order valence-electron chi connectivity index (χ1n) is 12.9. The molecule has 0 amide bonds. The van der Waals surface area contributed by atoms with E-state index in [-0.39, 0.29) is 0 Å². The summed E-state index contributed by atoms with van der Waals surface area (Å²) in [5.74, 6) is 1.89. The van der Waals surface area contributed by atoms with Crippen LogP contribution < -0.4 is 0 Å². The van der Waals surface area contributed by atoms with Crippen molar-refractivity contribution in [3.8, 4) is 0 Å². The van der Waals surface area contributed by atoms with Crippen molar-refractivity contribution in [3.05, 3.63) is 26.0 Å². The Morgan fingerprint density at radius 2 is 0.893 bits per heavy atom. The molecule has 0 saturated carbocycles. The van der Waals surface area contributed by atoms with E-state index in [2.05, 4.69) is 33.8 Å². The molecule has 0 saturated heterocycles. The van der Waals surface area contributed by atoms with Crippen LogP contribution in [-0.2, 0) is 0 Å². The highest BCUT2D eigenvalue weighted by atomic mass is 14.1. The second kappa shape index (κ2) is 23.0. The molecule has 0 aliphatic heterocycles. The third-order valence-electron chi connectivity index (χ3n) is 6.33. The first kappa shape index (κ1) is 27.7. The van der Waals surface area contributed by atoms with E-state index in [1.165, 1.54) is 122 Å². The van der Waals surface area contributed by atoms with Crippen LogP contribution in [0.15, 0.2) is 12.2 Å². The largest absolute Gasteiger partial charge is 0.0885 e. The molecule has 0 rings (SSSR count). The molecule has 2 atom stereocenters. The highest BCUT2D eigenvalue weighted by molar-refractivity contribution is 4.83. The Labute approximate surface area is 180 Å². The number of unbranched alkanes of at least 4 members (excludes halogenated alkanes) is 13. The van der Waals surface area contributed by atoms with Crippen LogP contribution in [0.2, 0.25) is 0 Å². The number of rotatable bonds is 22. The van der Waals surface area contributed by atoms with E-state index < -0.39 is 0 Å². The second-order valence-electron chi connectivity index (χ2n) is 9.43. The molecule has 0 spiro atoms. The van der Waals surface area contributed by atoms with Gasteiger partial charge in [-0.3, -0.25) is 0 Å². The molecule has 2 unspecified atom stereocenters. The van der Waals surface area contributed by atoms with Crippen LogP contribution in [-0.4, -0.2) is 0 Å². The van der Waals surface area contributed by atoms with Gasteiger partial charge in [0.2, 0.25) is 0 Å². The summed E-state index contributed by atoms with van der Waals surface area (Å²) >= 11 is 0. The Hall–Kier alpha value is -0.260. The van der Waals surface area contributed by atoms with Crippen LogP contribution in [0.3, 0.4) is 0 Å². The highest BCUT2D eigenvalue weighted by Gasteiger charge is 2.04. The third-order valence-corrected chi connectivity index (χ3v) is 6.33. The zero-order chi connectivity index (χ0) is 20.7. The predicted molar refractivity (Wildman–Crippen MR) is 131 cm³/mol. The number of hydrogen-bond acceptors (Lipinski definition) is 0. The lowest BCUT2D eigenvalue weighted by Crippen LogP contribution is -1.97. The van der Waals surface area contributed by atoms with E-state index in [0.29, 0.717) is 0 Å². The maximum Gasteiger partial charge on any atom is -0.0316 e. The zero-order valence-corrected chi connectivity index (χ0v) is 19.9. The minimum atomic E-state index is 0.942. The molecule has 0 heteroatoms. The Kier molecular flexibility index (Phi) is 22.8. The van der Waals surface area contributed by atoms with Crippen LogP contribution in [0.4, 0.5) is 0 Å². The fourth-order valence-electron chi connectivity index (χ4n) is 4.23. The monoisotopic (exact) mass is 390 g/mol. The lowest BCUT2D eigenvalue weighted by atomic mass is 9.93. The Morgan fingerprint density at radius 1 is 0.536 bits per heavy atom. The normalized spacial score (nSPS) is 14.0. The van der Waals surface area contributed by atoms with Gasteiger partial charge in [0.1, 0.15) is 0 Å². The summed E-state index contributed by atoms with van der Waals surface area (Å²) in [6, 6.07) is 0. The zero-order valence-electron chi connectivity index (χ0n) is 19.9. The van der Waals surface area contributed by atoms with E-state index in [4.69, 9.17) is 0 Å². The molecule has 0 aromatic rings. The van der Waals surface area contributed by atoms with Crippen molar-refractivity contribution in [3.63, 3.8) is 0 Å². The van der Waals surface area contributed by atoms with E-state index in [9.17, 15) is 0 Å². The first-order chi connectivity index (χ1) is 13.7. The summed E-state index contributed by atoms with van der Waals surface area (Å²) in [6.45, 7) is 12.6. The fourth-order valence-corrected chi connectivity index (χ4v) is 4.23. The first-order valence-corrected chi connectivity index (χ1v) is 12.9. The van der Waals surface area contributed by atoms with Crippen molar-refractivity contribution in [2.45, 2.75) is 142 Å². The summed E-state index contributed by atoms with van der Waals surface area (Å²) in [5, 5.41) is 0. The molecule has 0 bridgehead atoms. The molecule has 0 aromatic carbocycles. The van der Waals surface area contributed by atoms with E-state index in [1.807, 2.05) is 6.08 Å². The Balaban J connectivity index is 3.27. The van der Waals surface area contributed by atoms with Crippen molar-refractivity contribution in [1.82, 2.24) is 0 Å². The fraction of sp³-hybridized carbons (Fsp3) is 0.857. The lowest BCUT2D eigenvalue weighted by Gasteiger charge is -2.13. The molecule has 28 heavy (non-hydrogen) atoms. The van der Waals surface area contributed by atoms with Crippen molar-refractivity contribution < 1.29 is 0 Å². The molecule has 0 N–H and O–H groups in total. The average Bonchev–Trinajstić information content (AvgIpc) is 2.69. The number of allylic oxidation sites excluding steroid dienone is 2. The maximum atomic E-state index is 3.93. The van der Waals surface area contributed by atoms with Crippen LogP contribution in [0, 0.1) is 25.7 Å². The van der Waals surface area contributed by atoms with E-state index in [0.717, 1.165) is 18.3 Å². The molecular weight excluding hydrogens is 336 g/mol. The SMILES string of the molecule is [CH2]C=CCCCCCCCCCC(C)CCCCCC(C)CCCCCC[CH2]. The molecule has 0 fully saturated rings. The summed E-state index contributed by atoms with van der Waals surface area (Å²) < 4.78 is 0. The average molecular weight is 391 g/mol. The summed E-state index contributed by atoms with van der Waals surface area (Å²) in [4.78, 5) is 0. The predicted octanol–water partition coefficient (Wildman–Crippen LogP) is 10.3. The van der Waals surface area contributed by atoms with Gasteiger partial charge in [-0.15, -0.1) is 0 Å². The Bertz CT molecular complexity index is 303. The van der Waals surface area contributed by atoms with Gasteiger partial charge in [0, 0.05) is 0 Å². The van der Waals surface area contributed by atoms with Crippen LogP contribution in [0.5, 0.6) is 0 Å². The van der Waals surface area contributed by atoms with Crippen LogP contribution in [0.1, 0.15) is 142 Å². The summed E-state index contributed by atoms with van der Waals surface area (Å²) in [6.07, 6.45) is 32.2. The molecule has 166 valence electrons. The molecule has 0 aliphatic rings. The van der Waals surface area contributed by atoms with Crippen molar-refractivity contribution in [2.75, 3.05) is 0 Å². The number of hydrogen-bond donors (Lipinski definition) is 0. The molecular formula is C28H54. The van der Waals surface area contributed by atoms with Gasteiger partial charge in [-0.25, -0.2) is 0 Å². The smallest absolute Gasteiger partial charge is 0.0316 e. The van der Waals surface area contributed by atoms with E-state index in [1.54, 1.807) is 0 Å². The molecule has 0 aromatic heterocycles. The molecule has 2 radical (unpaired) electrons. The van der Waals surface area contributed by atoms with Crippen LogP contribution >= 0.6 is 0 Å². The maximum absolute atomic E-state index is 3.93. The van der Waals surface area contributed by atoms with Crippen LogP contribution in [0.25, 0.3) is 0 Å². The van der Waals surface area contributed by atoms with Gasteiger partial charge >= 0.3 is 0 Å². The standard InChI is InChI=1S/C28H54/c1-5-7-9-11-12-13-14-15-17-20-24-28(4)26-22-18-21-25-27(3)23-19-16-10-8-6-2/h5,7,27-28H,1-2,6,8-26H2,3-4H3. The van der Waals surface area contributed by atoms with E-state index >= 15 is 0 Å². The van der Waals surface area contributed by atoms with Crippen molar-refractivity contribution in [2.24, 2.45) is 11.8 Å². The van der Waals surface area contributed by atoms with Gasteiger partial charge < -0.3 is 0 Å². The molecule has 0 nitrogen and oxygen atoms in total. The highest BCUT2D eigenvalue weighted by Crippen LogP contribution is 2.21. The van der Waals surface area contributed by atoms with Gasteiger partial charge in [-0.05, 0) is 31.6 Å². The van der Waals surface area contributed by atoms with Gasteiger partial charge in [-0.2, -0.15) is 0 Å². The minimum absolute atomic E-state index is 0.942. The van der Waals surface area contributed by atoms with Gasteiger partial charge in [0.05, 0.1) is 0 Å². The summed E-state index contributed by atoms with van der Waals surface area (Å²) in [5.41, 5.74) is 0. The van der Waals surface area contributed by atoms with Gasteiger partial charge in [0.15, 0.2) is 0 Å².